The summed E-state index contributed by atoms with van der Waals surface area (Å²) in [5, 5.41) is 3.19. The maximum atomic E-state index is 3.19. The highest BCUT2D eigenvalue weighted by Gasteiger charge is 2.13. The second-order valence-corrected chi connectivity index (χ2v) is 5.33. The van der Waals surface area contributed by atoms with Gasteiger partial charge in [0.15, 0.2) is 0 Å². The van der Waals surface area contributed by atoms with Gasteiger partial charge >= 0.3 is 0 Å². The fourth-order valence-corrected chi connectivity index (χ4v) is 2.63. The molecule has 0 amide bonds. The fraction of sp³-hybridized carbons (Fsp3) is 0.600. The van der Waals surface area contributed by atoms with Crippen LogP contribution in [0.4, 0.5) is 5.69 Å². The van der Waals surface area contributed by atoms with Gasteiger partial charge in [-0.25, -0.2) is 0 Å². The summed E-state index contributed by atoms with van der Waals surface area (Å²) in [7, 11) is 6.38. The van der Waals surface area contributed by atoms with Crippen LogP contribution in [0.5, 0.6) is 0 Å². The van der Waals surface area contributed by atoms with E-state index in [-0.39, 0.29) is 0 Å². The minimum atomic E-state index is 1.04. The number of benzene rings is 1. The van der Waals surface area contributed by atoms with Crippen molar-refractivity contribution in [1.29, 1.82) is 0 Å². The van der Waals surface area contributed by atoms with E-state index < -0.39 is 0 Å². The lowest BCUT2D eigenvalue weighted by atomic mass is 9.99. The van der Waals surface area contributed by atoms with Crippen molar-refractivity contribution in [2.75, 3.05) is 45.7 Å². The summed E-state index contributed by atoms with van der Waals surface area (Å²) in [6, 6.07) is 6.95. The molecule has 1 aliphatic heterocycles. The summed E-state index contributed by atoms with van der Waals surface area (Å²) in [4.78, 5) is 4.73. The van der Waals surface area contributed by atoms with Crippen LogP contribution >= 0.6 is 0 Å². The zero-order chi connectivity index (χ0) is 13.0. The van der Waals surface area contributed by atoms with E-state index in [0.29, 0.717) is 0 Å². The van der Waals surface area contributed by atoms with Gasteiger partial charge in [0, 0.05) is 38.9 Å². The molecule has 0 aliphatic carbocycles. The van der Waals surface area contributed by atoms with Crippen molar-refractivity contribution in [3.8, 4) is 0 Å². The summed E-state index contributed by atoms with van der Waals surface area (Å²) in [6.07, 6.45) is 2.51. The van der Waals surface area contributed by atoms with Crippen molar-refractivity contribution in [3.63, 3.8) is 0 Å². The first-order valence-corrected chi connectivity index (χ1v) is 6.87. The van der Waals surface area contributed by atoms with E-state index in [4.69, 9.17) is 0 Å². The first-order chi connectivity index (χ1) is 8.70. The van der Waals surface area contributed by atoms with Crippen LogP contribution in [0.1, 0.15) is 17.5 Å². The van der Waals surface area contributed by atoms with Gasteiger partial charge < -0.3 is 15.1 Å². The van der Waals surface area contributed by atoms with Gasteiger partial charge in [0.05, 0.1) is 0 Å². The molecule has 0 saturated heterocycles. The van der Waals surface area contributed by atoms with Crippen molar-refractivity contribution in [1.82, 2.24) is 10.2 Å². The number of hydrogen-bond donors (Lipinski definition) is 1. The molecule has 0 unspecified atom stereocenters. The highest BCUT2D eigenvalue weighted by Crippen LogP contribution is 2.27. The van der Waals surface area contributed by atoms with Gasteiger partial charge in [-0.2, -0.15) is 0 Å². The largest absolute Gasteiger partial charge is 0.374 e. The number of fused-ring (bicyclic) bond motifs is 1. The van der Waals surface area contributed by atoms with Gasteiger partial charge in [0.1, 0.15) is 0 Å². The Morgan fingerprint density at radius 1 is 1.39 bits per heavy atom. The molecule has 18 heavy (non-hydrogen) atoms. The molecule has 1 heterocycles. The fourth-order valence-electron chi connectivity index (χ4n) is 2.63. The molecule has 3 nitrogen and oxygen atoms in total. The normalized spacial score (nSPS) is 15.0. The monoisotopic (exact) mass is 247 g/mol. The van der Waals surface area contributed by atoms with E-state index in [1.54, 1.807) is 0 Å². The zero-order valence-electron chi connectivity index (χ0n) is 11.9. The van der Waals surface area contributed by atoms with Crippen molar-refractivity contribution in [2.45, 2.75) is 19.4 Å². The maximum absolute atomic E-state index is 3.19. The first-order valence-electron chi connectivity index (χ1n) is 6.87. The van der Waals surface area contributed by atoms with Crippen LogP contribution in [-0.2, 0) is 13.0 Å². The van der Waals surface area contributed by atoms with E-state index >= 15 is 0 Å². The third-order valence-corrected chi connectivity index (χ3v) is 3.69. The van der Waals surface area contributed by atoms with Crippen LogP contribution in [-0.4, -0.2) is 45.7 Å². The minimum absolute atomic E-state index is 1.04. The van der Waals surface area contributed by atoms with E-state index in [1.807, 2.05) is 7.05 Å². The van der Waals surface area contributed by atoms with Gasteiger partial charge in [-0.1, -0.05) is 12.1 Å². The summed E-state index contributed by atoms with van der Waals surface area (Å²) >= 11 is 0. The Hall–Kier alpha value is -1.06. The van der Waals surface area contributed by atoms with Gasteiger partial charge in [-0.3, -0.25) is 0 Å². The molecule has 0 bridgehead atoms. The summed E-state index contributed by atoms with van der Waals surface area (Å²) < 4.78 is 0. The first kappa shape index (κ1) is 13.4. The molecule has 3 heteroatoms. The average Bonchev–Trinajstić information content (AvgIpc) is 2.36. The molecule has 0 atom stereocenters. The molecule has 1 aliphatic rings. The van der Waals surface area contributed by atoms with Gasteiger partial charge in [0.2, 0.25) is 0 Å². The van der Waals surface area contributed by atoms with E-state index in [0.717, 1.165) is 19.6 Å². The second-order valence-electron chi connectivity index (χ2n) is 5.33. The van der Waals surface area contributed by atoms with E-state index in [2.05, 4.69) is 47.4 Å². The molecule has 0 spiro atoms. The summed E-state index contributed by atoms with van der Waals surface area (Å²) in [5.41, 5.74) is 4.37. The van der Waals surface area contributed by atoms with Gasteiger partial charge in [0.25, 0.3) is 0 Å². The Kier molecular flexibility index (Phi) is 4.61. The molecular formula is C15H25N3. The molecule has 1 aromatic rings. The van der Waals surface area contributed by atoms with Crippen LogP contribution in [0, 0.1) is 0 Å². The molecule has 1 N–H and O–H groups in total. The molecule has 0 saturated carbocycles. The highest BCUT2D eigenvalue weighted by molar-refractivity contribution is 5.56. The van der Waals surface area contributed by atoms with Crippen LogP contribution in [0.25, 0.3) is 0 Å². The lowest BCUT2D eigenvalue weighted by molar-refractivity contribution is 0.328. The van der Waals surface area contributed by atoms with Crippen molar-refractivity contribution in [2.24, 2.45) is 0 Å². The number of anilines is 1. The lowest BCUT2D eigenvalue weighted by Gasteiger charge is -2.28. The smallest absolute Gasteiger partial charge is 0.0396 e. The van der Waals surface area contributed by atoms with Crippen LogP contribution in [0.2, 0.25) is 0 Å². The Labute approximate surface area is 111 Å². The Morgan fingerprint density at radius 2 is 2.22 bits per heavy atom. The summed E-state index contributed by atoms with van der Waals surface area (Å²) in [5.74, 6) is 0. The molecule has 0 aromatic heterocycles. The van der Waals surface area contributed by atoms with Crippen molar-refractivity contribution < 1.29 is 0 Å². The minimum Gasteiger partial charge on any atom is -0.374 e. The highest BCUT2D eigenvalue weighted by atomic mass is 15.1. The molecule has 0 fully saturated rings. The number of rotatable bonds is 5. The number of nitrogens with zero attached hydrogens (tertiary/aromatic N) is 2. The molecule has 100 valence electrons. The average molecular weight is 247 g/mol. The topological polar surface area (TPSA) is 18.5 Å². The zero-order valence-corrected chi connectivity index (χ0v) is 11.9. The Balaban J connectivity index is 2.02. The van der Waals surface area contributed by atoms with Crippen LogP contribution < -0.4 is 10.2 Å². The summed E-state index contributed by atoms with van der Waals surface area (Å²) in [6.45, 7) is 4.37. The Morgan fingerprint density at radius 3 is 3.00 bits per heavy atom. The standard InChI is InChI=1S/C15H25N3/c1-16-8-10-17(2)12-13-6-7-15-14(11-13)5-4-9-18(15)3/h6-7,11,16H,4-5,8-10,12H2,1-3H3. The third kappa shape index (κ3) is 3.24. The predicted molar refractivity (Wildman–Crippen MR) is 78.3 cm³/mol. The second kappa shape index (κ2) is 6.21. The van der Waals surface area contributed by atoms with E-state index in [9.17, 15) is 0 Å². The van der Waals surface area contributed by atoms with Crippen molar-refractivity contribution in [3.05, 3.63) is 29.3 Å². The predicted octanol–water partition coefficient (Wildman–Crippen LogP) is 1.72. The maximum Gasteiger partial charge on any atom is 0.0396 e. The number of aryl methyl sites for hydroxylation is 1. The SMILES string of the molecule is CNCCN(C)Cc1ccc2c(c1)CCCN2C. The quantitative estimate of drug-likeness (QED) is 0.855. The molecule has 0 radical (unpaired) electrons. The van der Waals surface area contributed by atoms with Gasteiger partial charge in [-0.05, 0) is 44.1 Å². The molecule has 2 rings (SSSR count). The third-order valence-electron chi connectivity index (χ3n) is 3.69. The van der Waals surface area contributed by atoms with Gasteiger partial charge in [-0.15, -0.1) is 0 Å². The number of nitrogens with one attached hydrogen (secondary N) is 1. The Bertz CT molecular complexity index is 389. The molecule has 1 aromatic carbocycles. The molecular weight excluding hydrogens is 222 g/mol. The number of likely N-dealkylation sites (N-methyl/N-ethyl adjacent to an activating group) is 2. The van der Waals surface area contributed by atoms with Crippen LogP contribution in [0.3, 0.4) is 0 Å². The number of hydrogen-bond acceptors (Lipinski definition) is 3. The lowest BCUT2D eigenvalue weighted by Crippen LogP contribution is -2.27. The van der Waals surface area contributed by atoms with E-state index in [1.165, 1.54) is 36.2 Å². The van der Waals surface area contributed by atoms with Crippen LogP contribution in [0.15, 0.2) is 18.2 Å². The van der Waals surface area contributed by atoms with Crippen molar-refractivity contribution >= 4 is 5.69 Å².